The van der Waals surface area contributed by atoms with Crippen LogP contribution < -0.4 is 10.6 Å². The first-order valence-corrected chi connectivity index (χ1v) is 6.18. The fraction of sp³-hybridized carbons (Fsp3) is 0.909. The molecule has 0 radical (unpaired) electrons. The van der Waals surface area contributed by atoms with Crippen LogP contribution >= 0.6 is 0 Å². The Kier molecular flexibility index (Phi) is 6.02. The number of rotatable bonds is 5. The van der Waals surface area contributed by atoms with Crippen LogP contribution in [0.15, 0.2) is 0 Å². The Hall–Kier alpha value is -0.860. The van der Waals surface area contributed by atoms with Crippen molar-refractivity contribution in [1.82, 2.24) is 15.5 Å². The molecule has 1 heterocycles. The van der Waals surface area contributed by atoms with Gasteiger partial charge in [0.2, 0.25) is 5.91 Å². The van der Waals surface area contributed by atoms with E-state index in [9.17, 15) is 18.0 Å². The van der Waals surface area contributed by atoms with Gasteiger partial charge in [0.15, 0.2) is 0 Å². The highest BCUT2D eigenvalue weighted by Gasteiger charge is 2.31. The van der Waals surface area contributed by atoms with E-state index in [1.165, 1.54) is 0 Å². The Bertz CT molecular complexity index is 297. The largest absolute Gasteiger partial charge is 0.405 e. The van der Waals surface area contributed by atoms with Gasteiger partial charge in [-0.05, 0) is 14.0 Å². The second kappa shape index (κ2) is 7.06. The molecule has 1 rings (SSSR count). The van der Waals surface area contributed by atoms with Crippen molar-refractivity contribution >= 4 is 5.91 Å². The highest BCUT2D eigenvalue weighted by molar-refractivity contribution is 5.81. The minimum Gasteiger partial charge on any atom is -0.374 e. The summed E-state index contributed by atoms with van der Waals surface area (Å²) < 4.78 is 41.6. The number of carbonyl (C=O) groups is 1. The predicted octanol–water partition coefficient (Wildman–Crippen LogP) is -0.0264. The maximum absolute atomic E-state index is 12.0. The average Bonchev–Trinajstić information content (AvgIpc) is 2.35. The monoisotopic (exact) mass is 283 g/mol. The molecular weight excluding hydrogens is 263 g/mol. The van der Waals surface area contributed by atoms with E-state index in [4.69, 9.17) is 4.74 Å². The van der Waals surface area contributed by atoms with Crippen LogP contribution in [0.4, 0.5) is 13.2 Å². The Balaban J connectivity index is 2.42. The first-order chi connectivity index (χ1) is 8.83. The summed E-state index contributed by atoms with van der Waals surface area (Å²) in [5.41, 5.74) is 0. The number of likely N-dealkylation sites (N-methyl/N-ethyl adjacent to an activating group) is 1. The van der Waals surface area contributed by atoms with E-state index in [0.29, 0.717) is 26.2 Å². The maximum Gasteiger partial charge on any atom is 0.405 e. The third-order valence-corrected chi connectivity index (χ3v) is 2.99. The zero-order valence-electron chi connectivity index (χ0n) is 11.1. The van der Waals surface area contributed by atoms with Crippen molar-refractivity contribution < 1.29 is 22.7 Å². The molecule has 1 saturated heterocycles. The number of alkyl halides is 3. The summed E-state index contributed by atoms with van der Waals surface area (Å²) in [6.07, 6.45) is -4.42. The van der Waals surface area contributed by atoms with E-state index in [1.54, 1.807) is 14.0 Å². The second-order valence-electron chi connectivity index (χ2n) is 4.55. The lowest BCUT2D eigenvalue weighted by Crippen LogP contribution is -2.54. The fourth-order valence-electron chi connectivity index (χ4n) is 1.95. The van der Waals surface area contributed by atoms with Gasteiger partial charge in [0.05, 0.1) is 18.8 Å². The lowest BCUT2D eigenvalue weighted by Gasteiger charge is -2.36. The molecule has 1 aliphatic rings. The number of morpholine rings is 1. The van der Waals surface area contributed by atoms with Gasteiger partial charge in [-0.3, -0.25) is 9.69 Å². The number of hydrogen-bond donors (Lipinski definition) is 2. The summed E-state index contributed by atoms with van der Waals surface area (Å²) in [4.78, 5) is 13.5. The van der Waals surface area contributed by atoms with Crippen LogP contribution in [0.2, 0.25) is 0 Å². The van der Waals surface area contributed by atoms with Crippen LogP contribution in [-0.4, -0.2) is 69.0 Å². The van der Waals surface area contributed by atoms with Crippen molar-refractivity contribution in [3.8, 4) is 0 Å². The van der Waals surface area contributed by atoms with Gasteiger partial charge in [-0.15, -0.1) is 0 Å². The van der Waals surface area contributed by atoms with Crippen LogP contribution in [-0.2, 0) is 9.53 Å². The molecule has 5 nitrogen and oxygen atoms in total. The molecule has 0 aromatic heterocycles. The van der Waals surface area contributed by atoms with Crippen molar-refractivity contribution in [3.05, 3.63) is 0 Å². The van der Waals surface area contributed by atoms with Crippen LogP contribution in [0.5, 0.6) is 0 Å². The molecule has 0 aromatic carbocycles. The van der Waals surface area contributed by atoms with Gasteiger partial charge in [0.1, 0.15) is 6.54 Å². The van der Waals surface area contributed by atoms with Crippen molar-refractivity contribution in [1.29, 1.82) is 0 Å². The minimum atomic E-state index is -4.38. The van der Waals surface area contributed by atoms with E-state index in [-0.39, 0.29) is 6.10 Å². The second-order valence-corrected chi connectivity index (χ2v) is 4.55. The highest BCUT2D eigenvalue weighted by atomic mass is 19.4. The first kappa shape index (κ1) is 16.2. The van der Waals surface area contributed by atoms with Crippen molar-refractivity contribution in [2.45, 2.75) is 25.2 Å². The van der Waals surface area contributed by atoms with Gasteiger partial charge >= 0.3 is 6.18 Å². The predicted molar refractivity (Wildman–Crippen MR) is 63.8 cm³/mol. The molecule has 2 unspecified atom stereocenters. The fourth-order valence-corrected chi connectivity index (χ4v) is 1.95. The number of ether oxygens (including phenoxy) is 1. The zero-order valence-corrected chi connectivity index (χ0v) is 11.1. The Labute approximate surface area is 110 Å². The summed E-state index contributed by atoms with van der Waals surface area (Å²) in [5.74, 6) is -0.609. The first-order valence-electron chi connectivity index (χ1n) is 6.18. The Morgan fingerprint density at radius 2 is 2.21 bits per heavy atom. The van der Waals surface area contributed by atoms with Crippen molar-refractivity contribution in [2.75, 3.05) is 39.8 Å². The lowest BCUT2D eigenvalue weighted by atomic mass is 10.2. The van der Waals surface area contributed by atoms with Crippen LogP contribution in [0.3, 0.4) is 0 Å². The number of nitrogens with one attached hydrogen (secondary N) is 2. The van der Waals surface area contributed by atoms with E-state index < -0.39 is 24.7 Å². The zero-order chi connectivity index (χ0) is 14.5. The SMILES string of the molecule is CNCC1CN(C(C)C(=O)NCC(F)(F)F)CCO1. The molecule has 0 bridgehead atoms. The number of hydrogen-bond acceptors (Lipinski definition) is 4. The molecule has 0 aromatic rings. The van der Waals surface area contributed by atoms with Crippen LogP contribution in [0.25, 0.3) is 0 Å². The summed E-state index contributed by atoms with van der Waals surface area (Å²) >= 11 is 0. The summed E-state index contributed by atoms with van der Waals surface area (Å²) in [7, 11) is 1.79. The third-order valence-electron chi connectivity index (χ3n) is 2.99. The highest BCUT2D eigenvalue weighted by Crippen LogP contribution is 2.13. The number of amides is 1. The Morgan fingerprint density at radius 3 is 2.79 bits per heavy atom. The van der Waals surface area contributed by atoms with Crippen LogP contribution in [0.1, 0.15) is 6.92 Å². The molecule has 19 heavy (non-hydrogen) atoms. The standard InChI is InChI=1S/C11H20F3N3O2/c1-8(10(18)16-7-11(12,13)14)17-3-4-19-9(6-17)5-15-2/h8-9,15H,3-7H2,1-2H3,(H,16,18). The van der Waals surface area contributed by atoms with Crippen molar-refractivity contribution in [3.63, 3.8) is 0 Å². The molecule has 2 atom stereocenters. The molecule has 1 amide bonds. The van der Waals surface area contributed by atoms with Crippen LogP contribution in [0, 0.1) is 0 Å². The summed E-state index contributed by atoms with van der Waals surface area (Å²) in [5, 5.41) is 4.87. The van der Waals surface area contributed by atoms with Gasteiger partial charge < -0.3 is 15.4 Å². The lowest BCUT2D eigenvalue weighted by molar-refractivity contribution is -0.143. The molecular formula is C11H20F3N3O2. The molecule has 2 N–H and O–H groups in total. The molecule has 8 heteroatoms. The smallest absolute Gasteiger partial charge is 0.374 e. The maximum atomic E-state index is 12.0. The Morgan fingerprint density at radius 1 is 1.53 bits per heavy atom. The van der Waals surface area contributed by atoms with E-state index >= 15 is 0 Å². The molecule has 0 aliphatic carbocycles. The summed E-state index contributed by atoms with van der Waals surface area (Å²) in [6, 6.07) is -0.592. The minimum absolute atomic E-state index is 0.0448. The molecule has 0 spiro atoms. The van der Waals surface area contributed by atoms with Crippen molar-refractivity contribution in [2.24, 2.45) is 0 Å². The van der Waals surface area contributed by atoms with Gasteiger partial charge in [-0.25, -0.2) is 0 Å². The van der Waals surface area contributed by atoms with E-state index in [1.807, 2.05) is 10.2 Å². The normalized spacial score (nSPS) is 23.1. The van der Waals surface area contributed by atoms with Gasteiger partial charge in [-0.2, -0.15) is 13.2 Å². The average molecular weight is 283 g/mol. The number of carbonyl (C=O) groups excluding carboxylic acids is 1. The molecule has 1 fully saturated rings. The van der Waals surface area contributed by atoms with E-state index in [2.05, 4.69) is 5.32 Å². The quantitative estimate of drug-likeness (QED) is 0.744. The van der Waals surface area contributed by atoms with Gasteiger partial charge in [0.25, 0.3) is 0 Å². The molecule has 112 valence electrons. The topological polar surface area (TPSA) is 53.6 Å². The number of halogens is 3. The van der Waals surface area contributed by atoms with E-state index in [0.717, 1.165) is 0 Å². The number of nitrogens with zero attached hydrogens (tertiary/aromatic N) is 1. The van der Waals surface area contributed by atoms with Gasteiger partial charge in [0, 0.05) is 19.6 Å². The molecule has 0 saturated carbocycles. The molecule has 1 aliphatic heterocycles. The van der Waals surface area contributed by atoms with Gasteiger partial charge in [-0.1, -0.05) is 0 Å². The summed E-state index contributed by atoms with van der Waals surface area (Å²) in [6.45, 7) is 2.51. The third kappa shape index (κ3) is 5.75.